The van der Waals surface area contributed by atoms with Crippen molar-refractivity contribution in [3.8, 4) is 0 Å². The van der Waals surface area contributed by atoms with Crippen LogP contribution in [0.2, 0.25) is 0 Å². The molecule has 6 heteroatoms. The molecule has 0 aromatic heterocycles. The lowest BCUT2D eigenvalue weighted by Crippen LogP contribution is -3.16. The number of nitrogens with one attached hydrogen (secondary N) is 1. The second-order valence-corrected chi connectivity index (χ2v) is 6.83. The first-order valence-electron chi connectivity index (χ1n) is 8.69. The minimum absolute atomic E-state index is 0.142. The Balaban J connectivity index is 1.46. The Bertz CT molecular complexity index is 595. The lowest BCUT2D eigenvalue weighted by Gasteiger charge is -2.34. The molecule has 6 nitrogen and oxygen atoms in total. The van der Waals surface area contributed by atoms with E-state index in [1.165, 1.54) is 21.1 Å². The molecular weight excluding hydrogens is 306 g/mol. The summed E-state index contributed by atoms with van der Waals surface area (Å²) in [5.41, 5.74) is 2.51. The van der Waals surface area contributed by atoms with E-state index in [-0.39, 0.29) is 31.2 Å². The van der Waals surface area contributed by atoms with Gasteiger partial charge in [0.15, 0.2) is 0 Å². The van der Waals surface area contributed by atoms with Crippen molar-refractivity contribution in [2.75, 3.05) is 44.2 Å². The standard InChI is InChI=1S/C18H25N3O3/c1-14-3-2-4-15(11-14)20-9-7-19(8-10-20)12-16(22)13-21-17(23)5-6-18(21)24/h2-4,11,16,22H,5-10,12-13H2,1H3/p+1/t16-/m1/s1. The van der Waals surface area contributed by atoms with Crippen LogP contribution in [-0.2, 0) is 9.59 Å². The molecule has 2 amide bonds. The number of aliphatic hydroxyl groups excluding tert-OH is 1. The first-order valence-corrected chi connectivity index (χ1v) is 8.69. The van der Waals surface area contributed by atoms with Gasteiger partial charge in [0.25, 0.3) is 0 Å². The summed E-state index contributed by atoms with van der Waals surface area (Å²) >= 11 is 0. The van der Waals surface area contributed by atoms with Crippen molar-refractivity contribution in [1.82, 2.24) is 4.90 Å². The van der Waals surface area contributed by atoms with Gasteiger partial charge in [-0.15, -0.1) is 0 Å². The molecule has 2 N–H and O–H groups in total. The van der Waals surface area contributed by atoms with Gasteiger partial charge in [0.1, 0.15) is 12.6 Å². The predicted octanol–water partition coefficient (Wildman–Crippen LogP) is -0.790. The second-order valence-electron chi connectivity index (χ2n) is 6.83. The van der Waals surface area contributed by atoms with Crippen LogP contribution in [0.4, 0.5) is 5.69 Å². The summed E-state index contributed by atoms with van der Waals surface area (Å²) in [5, 5.41) is 10.2. The van der Waals surface area contributed by atoms with Gasteiger partial charge >= 0.3 is 0 Å². The fourth-order valence-electron chi connectivity index (χ4n) is 3.54. The van der Waals surface area contributed by atoms with Crippen LogP contribution in [0.15, 0.2) is 24.3 Å². The molecule has 0 saturated carbocycles. The summed E-state index contributed by atoms with van der Waals surface area (Å²) in [6.45, 7) is 6.63. The largest absolute Gasteiger partial charge is 0.385 e. The van der Waals surface area contributed by atoms with E-state index in [0.717, 1.165) is 26.2 Å². The molecule has 1 atom stereocenters. The van der Waals surface area contributed by atoms with Crippen LogP contribution in [0.25, 0.3) is 0 Å². The van der Waals surface area contributed by atoms with Gasteiger partial charge in [-0.25, -0.2) is 0 Å². The number of rotatable bonds is 5. The van der Waals surface area contributed by atoms with E-state index in [0.29, 0.717) is 6.54 Å². The molecule has 0 unspecified atom stereocenters. The number of likely N-dealkylation sites (tertiary alicyclic amines) is 1. The van der Waals surface area contributed by atoms with Crippen LogP contribution < -0.4 is 9.80 Å². The van der Waals surface area contributed by atoms with Crippen molar-refractivity contribution in [2.45, 2.75) is 25.9 Å². The number of aliphatic hydroxyl groups is 1. The molecule has 1 aromatic rings. The normalized spacial score (nSPS) is 20.8. The Morgan fingerprint density at radius 3 is 2.46 bits per heavy atom. The molecule has 2 heterocycles. The first kappa shape index (κ1) is 16.9. The maximum atomic E-state index is 11.6. The van der Waals surface area contributed by atoms with Crippen LogP contribution in [0.3, 0.4) is 0 Å². The Kier molecular flexibility index (Phi) is 5.16. The van der Waals surface area contributed by atoms with Gasteiger partial charge in [-0.2, -0.15) is 0 Å². The molecule has 1 aromatic carbocycles. The summed E-state index contributed by atoms with van der Waals surface area (Å²) in [6, 6.07) is 8.52. The Hall–Kier alpha value is -1.92. The van der Waals surface area contributed by atoms with E-state index in [1.807, 2.05) is 0 Å². The van der Waals surface area contributed by atoms with Crippen LogP contribution >= 0.6 is 0 Å². The number of imide groups is 1. The van der Waals surface area contributed by atoms with E-state index in [1.54, 1.807) is 0 Å². The molecule has 24 heavy (non-hydrogen) atoms. The lowest BCUT2D eigenvalue weighted by molar-refractivity contribution is -0.903. The number of piperazine rings is 1. The van der Waals surface area contributed by atoms with Crippen LogP contribution in [-0.4, -0.2) is 67.2 Å². The number of hydrogen-bond donors (Lipinski definition) is 2. The molecule has 2 saturated heterocycles. The molecule has 3 rings (SSSR count). The van der Waals surface area contributed by atoms with E-state index in [9.17, 15) is 14.7 Å². The van der Waals surface area contributed by atoms with Gasteiger partial charge in [0.2, 0.25) is 11.8 Å². The SMILES string of the molecule is Cc1cccc(N2CC[NH+](C[C@@H](O)CN3C(=O)CCC3=O)CC2)c1. The van der Waals surface area contributed by atoms with Crippen molar-refractivity contribution in [1.29, 1.82) is 0 Å². The summed E-state index contributed by atoms with van der Waals surface area (Å²) in [5.74, 6) is -0.309. The maximum Gasteiger partial charge on any atom is 0.229 e. The highest BCUT2D eigenvalue weighted by atomic mass is 16.3. The highest BCUT2D eigenvalue weighted by Crippen LogP contribution is 2.15. The third kappa shape index (κ3) is 3.94. The molecular formula is C18H26N3O3+. The number of carbonyl (C=O) groups is 2. The van der Waals surface area contributed by atoms with E-state index >= 15 is 0 Å². The average molecular weight is 332 g/mol. The predicted molar refractivity (Wildman–Crippen MR) is 90.9 cm³/mol. The van der Waals surface area contributed by atoms with Gasteiger partial charge in [-0.1, -0.05) is 12.1 Å². The molecule has 0 aliphatic carbocycles. The quantitative estimate of drug-likeness (QED) is 0.694. The Morgan fingerprint density at radius 1 is 1.17 bits per heavy atom. The number of aryl methyl sites for hydroxylation is 1. The number of nitrogens with zero attached hydrogens (tertiary/aromatic N) is 2. The third-order valence-corrected chi connectivity index (χ3v) is 4.91. The fraction of sp³-hybridized carbons (Fsp3) is 0.556. The average Bonchev–Trinajstić information content (AvgIpc) is 2.87. The van der Waals surface area contributed by atoms with Crippen molar-refractivity contribution in [3.05, 3.63) is 29.8 Å². The van der Waals surface area contributed by atoms with Gasteiger partial charge in [-0.05, 0) is 24.6 Å². The number of carbonyl (C=O) groups excluding carboxylic acids is 2. The van der Waals surface area contributed by atoms with Crippen molar-refractivity contribution < 1.29 is 19.6 Å². The Labute approximate surface area is 142 Å². The number of benzene rings is 1. The fourth-order valence-corrected chi connectivity index (χ4v) is 3.54. The Morgan fingerprint density at radius 2 is 1.83 bits per heavy atom. The van der Waals surface area contributed by atoms with E-state index in [2.05, 4.69) is 36.1 Å². The highest BCUT2D eigenvalue weighted by Gasteiger charge is 2.32. The molecule has 0 spiro atoms. The molecule has 0 bridgehead atoms. The van der Waals surface area contributed by atoms with E-state index < -0.39 is 6.10 Å². The third-order valence-electron chi connectivity index (χ3n) is 4.91. The van der Waals surface area contributed by atoms with Crippen LogP contribution in [0.5, 0.6) is 0 Å². The van der Waals surface area contributed by atoms with Crippen molar-refractivity contribution >= 4 is 17.5 Å². The number of quaternary nitrogens is 1. The van der Waals surface area contributed by atoms with E-state index in [4.69, 9.17) is 0 Å². The van der Waals surface area contributed by atoms with Gasteiger partial charge in [0, 0.05) is 18.5 Å². The number of β-amino-alcohol motifs (C(OH)–C–C–N with tert-alkyl or cyclic N) is 1. The van der Waals surface area contributed by atoms with Gasteiger partial charge in [-0.3, -0.25) is 14.5 Å². The van der Waals surface area contributed by atoms with Crippen LogP contribution in [0.1, 0.15) is 18.4 Å². The number of hydrogen-bond acceptors (Lipinski definition) is 4. The minimum atomic E-state index is -0.642. The molecule has 0 radical (unpaired) electrons. The lowest BCUT2D eigenvalue weighted by atomic mass is 10.2. The monoisotopic (exact) mass is 332 g/mol. The van der Waals surface area contributed by atoms with Crippen LogP contribution in [0, 0.1) is 6.92 Å². The summed E-state index contributed by atoms with van der Waals surface area (Å²) in [4.78, 5) is 28.2. The van der Waals surface area contributed by atoms with Gasteiger partial charge < -0.3 is 14.9 Å². The second kappa shape index (κ2) is 7.32. The minimum Gasteiger partial charge on any atom is -0.385 e. The zero-order valence-electron chi connectivity index (χ0n) is 14.2. The van der Waals surface area contributed by atoms with Crippen molar-refractivity contribution in [3.63, 3.8) is 0 Å². The molecule has 2 aliphatic rings. The molecule has 130 valence electrons. The summed E-state index contributed by atoms with van der Waals surface area (Å²) in [7, 11) is 0. The molecule has 2 fully saturated rings. The topological polar surface area (TPSA) is 65.3 Å². The number of amides is 2. The highest BCUT2D eigenvalue weighted by molar-refractivity contribution is 6.01. The number of anilines is 1. The first-order chi connectivity index (χ1) is 11.5. The smallest absolute Gasteiger partial charge is 0.229 e. The summed E-state index contributed by atoms with van der Waals surface area (Å²) < 4.78 is 0. The zero-order valence-corrected chi connectivity index (χ0v) is 14.2. The summed E-state index contributed by atoms with van der Waals surface area (Å²) in [6.07, 6.45) is -0.0715. The maximum absolute atomic E-state index is 11.6. The molecule has 2 aliphatic heterocycles. The zero-order chi connectivity index (χ0) is 17.1. The van der Waals surface area contributed by atoms with Gasteiger partial charge in [0.05, 0.1) is 32.7 Å². The van der Waals surface area contributed by atoms with Crippen molar-refractivity contribution in [2.24, 2.45) is 0 Å².